The van der Waals surface area contributed by atoms with Crippen LogP contribution in [-0.2, 0) is 22.6 Å². The van der Waals surface area contributed by atoms with Crippen LogP contribution >= 0.6 is 0 Å². The average Bonchev–Trinajstić information content (AvgIpc) is 3.11. The first-order valence-corrected chi connectivity index (χ1v) is 12.6. The van der Waals surface area contributed by atoms with E-state index in [-0.39, 0.29) is 30.7 Å². The predicted octanol–water partition coefficient (Wildman–Crippen LogP) is 4.19. The lowest BCUT2D eigenvalue weighted by Crippen LogP contribution is -2.49. The summed E-state index contributed by atoms with van der Waals surface area (Å²) in [6, 6.07) is -0.0435. The summed E-state index contributed by atoms with van der Waals surface area (Å²) in [5.74, 6) is -2.95. The number of aliphatic carboxylic acids is 2. The van der Waals surface area contributed by atoms with E-state index < -0.39 is 42.0 Å². The molecule has 0 bridgehead atoms. The third-order valence-corrected chi connectivity index (χ3v) is 7.24. The van der Waals surface area contributed by atoms with Crippen molar-refractivity contribution < 1.29 is 39.5 Å². The number of ether oxygens (including phenoxy) is 1. The Hall–Kier alpha value is -3.33. The first kappa shape index (κ1) is 28.2. The molecule has 1 aromatic rings. The maximum atomic E-state index is 13.1. The van der Waals surface area contributed by atoms with E-state index in [2.05, 4.69) is 32.9 Å². The number of benzene rings is 1. The van der Waals surface area contributed by atoms with E-state index >= 15 is 0 Å². The number of carbonyl (C=O) groups excluding carboxylic acids is 1. The van der Waals surface area contributed by atoms with Crippen molar-refractivity contribution in [3.8, 4) is 11.5 Å². The van der Waals surface area contributed by atoms with Crippen LogP contribution in [0, 0.1) is 0 Å². The molecule has 0 aromatic heterocycles. The van der Waals surface area contributed by atoms with Gasteiger partial charge in [0.15, 0.2) is 0 Å². The quantitative estimate of drug-likeness (QED) is 0.321. The van der Waals surface area contributed by atoms with Crippen molar-refractivity contribution in [1.29, 1.82) is 0 Å². The summed E-state index contributed by atoms with van der Waals surface area (Å²) in [4.78, 5) is 37.1. The Morgan fingerprint density at radius 1 is 1.16 bits per heavy atom. The highest BCUT2D eigenvalue weighted by atomic mass is 16.5. The summed E-state index contributed by atoms with van der Waals surface area (Å²) in [5.41, 5.74) is 2.51. The topological polar surface area (TPSA) is 145 Å². The molecule has 9 nitrogen and oxygen atoms in total. The Morgan fingerprint density at radius 3 is 2.49 bits per heavy atom. The number of aliphatic hydroxyl groups is 1. The Kier molecular flexibility index (Phi) is 8.68. The highest BCUT2D eigenvalue weighted by Gasteiger charge is 2.45. The van der Waals surface area contributed by atoms with E-state index in [4.69, 9.17) is 9.84 Å². The summed E-state index contributed by atoms with van der Waals surface area (Å²) in [7, 11) is 0. The van der Waals surface area contributed by atoms with Crippen molar-refractivity contribution in [3.63, 3.8) is 0 Å². The van der Waals surface area contributed by atoms with E-state index in [0.29, 0.717) is 29.7 Å². The first-order chi connectivity index (χ1) is 17.3. The van der Waals surface area contributed by atoms with Crippen molar-refractivity contribution in [2.24, 2.45) is 0 Å². The van der Waals surface area contributed by atoms with Crippen molar-refractivity contribution >= 4 is 17.8 Å². The molecule has 1 aromatic carbocycles. The second-order valence-electron chi connectivity index (χ2n) is 10.5. The number of carbonyl (C=O) groups is 3. The molecule has 3 rings (SSSR count). The van der Waals surface area contributed by atoms with Crippen molar-refractivity contribution in [1.82, 2.24) is 4.90 Å². The lowest BCUT2D eigenvalue weighted by Gasteiger charge is -2.41. The molecule has 2 aliphatic heterocycles. The number of fused-ring (bicyclic) bond motifs is 3. The molecular formula is C28H37NO8. The molecule has 3 atom stereocenters. The van der Waals surface area contributed by atoms with Gasteiger partial charge in [0, 0.05) is 24.0 Å². The van der Waals surface area contributed by atoms with Crippen LogP contribution in [-0.4, -0.2) is 60.9 Å². The molecule has 37 heavy (non-hydrogen) atoms. The number of phenolic OH excluding ortho intramolecular Hbond substituents is 1. The fourth-order valence-electron chi connectivity index (χ4n) is 4.95. The van der Waals surface area contributed by atoms with Gasteiger partial charge in [-0.05, 0) is 65.9 Å². The van der Waals surface area contributed by atoms with Gasteiger partial charge < -0.3 is 30.1 Å². The smallest absolute Gasteiger partial charge is 0.326 e. The number of aromatic hydroxyl groups is 1. The monoisotopic (exact) mass is 515 g/mol. The zero-order valence-corrected chi connectivity index (χ0v) is 21.9. The van der Waals surface area contributed by atoms with Gasteiger partial charge in [0.25, 0.3) is 5.91 Å². The second kappa shape index (κ2) is 11.4. The number of phenols is 1. The van der Waals surface area contributed by atoms with Gasteiger partial charge in [0.05, 0.1) is 18.2 Å². The van der Waals surface area contributed by atoms with Gasteiger partial charge in [0.1, 0.15) is 23.1 Å². The number of carboxylic acid groups (broad SMARTS) is 2. The number of nitrogens with zero attached hydrogens (tertiary/aromatic N) is 1. The third kappa shape index (κ3) is 6.33. The van der Waals surface area contributed by atoms with Gasteiger partial charge in [-0.3, -0.25) is 9.59 Å². The van der Waals surface area contributed by atoms with Crippen LogP contribution in [0.1, 0.15) is 87.7 Å². The molecule has 9 heteroatoms. The van der Waals surface area contributed by atoms with E-state index in [0.717, 1.165) is 17.7 Å². The van der Waals surface area contributed by atoms with Gasteiger partial charge in [-0.25, -0.2) is 4.79 Å². The summed E-state index contributed by atoms with van der Waals surface area (Å²) in [5, 5.41) is 40.2. The van der Waals surface area contributed by atoms with Crippen molar-refractivity contribution in [2.75, 3.05) is 0 Å². The first-order valence-electron chi connectivity index (χ1n) is 12.6. The van der Waals surface area contributed by atoms with E-state index in [1.165, 1.54) is 17.2 Å². The Balaban J connectivity index is 1.83. The summed E-state index contributed by atoms with van der Waals surface area (Å²) in [6.45, 7) is 7.92. The van der Waals surface area contributed by atoms with E-state index in [1.807, 2.05) is 0 Å². The highest BCUT2D eigenvalue weighted by molar-refractivity contribution is 6.02. The Morgan fingerprint density at radius 2 is 1.86 bits per heavy atom. The lowest BCUT2D eigenvalue weighted by atomic mass is 9.84. The maximum Gasteiger partial charge on any atom is 0.326 e. The SMILES string of the molecule is CC(C)=CCCC(C)=CCC[C@]1(C)Oc2c(c(O)cc3c2CN([C@@H](CCC(=O)O)C(=O)O)C3=O)C[C@H]1O. The van der Waals surface area contributed by atoms with Gasteiger partial charge in [-0.15, -0.1) is 0 Å². The molecule has 0 radical (unpaired) electrons. The van der Waals surface area contributed by atoms with Crippen molar-refractivity contribution in [2.45, 2.75) is 96.9 Å². The minimum atomic E-state index is -1.33. The number of carboxylic acids is 2. The number of rotatable bonds is 11. The lowest BCUT2D eigenvalue weighted by molar-refractivity contribution is -0.143. The predicted molar refractivity (Wildman–Crippen MR) is 137 cm³/mol. The zero-order chi connectivity index (χ0) is 27.5. The van der Waals surface area contributed by atoms with Crippen LogP contribution in [0.4, 0.5) is 0 Å². The highest BCUT2D eigenvalue weighted by Crippen LogP contribution is 2.46. The average molecular weight is 516 g/mol. The number of hydrogen-bond acceptors (Lipinski definition) is 6. The summed E-state index contributed by atoms with van der Waals surface area (Å²) < 4.78 is 6.32. The van der Waals surface area contributed by atoms with Crippen LogP contribution in [0.5, 0.6) is 11.5 Å². The largest absolute Gasteiger partial charge is 0.508 e. The summed E-state index contributed by atoms with van der Waals surface area (Å²) >= 11 is 0. The molecule has 0 fully saturated rings. The van der Waals surface area contributed by atoms with E-state index in [1.54, 1.807) is 6.92 Å². The molecule has 0 unspecified atom stereocenters. The fraction of sp³-hybridized carbons (Fsp3) is 0.536. The van der Waals surface area contributed by atoms with Crippen LogP contribution in [0.2, 0.25) is 0 Å². The Labute approximate surface area is 217 Å². The van der Waals surface area contributed by atoms with Crippen LogP contribution in [0.3, 0.4) is 0 Å². The molecule has 1 amide bonds. The molecule has 202 valence electrons. The maximum absolute atomic E-state index is 13.1. The van der Waals surface area contributed by atoms with Gasteiger partial charge in [-0.1, -0.05) is 23.3 Å². The third-order valence-electron chi connectivity index (χ3n) is 7.24. The van der Waals surface area contributed by atoms with Crippen molar-refractivity contribution in [3.05, 3.63) is 46.1 Å². The minimum Gasteiger partial charge on any atom is -0.508 e. The molecule has 0 aliphatic carbocycles. The molecule has 0 saturated heterocycles. The van der Waals surface area contributed by atoms with Crippen LogP contribution < -0.4 is 4.74 Å². The minimum absolute atomic E-state index is 0.0804. The van der Waals surface area contributed by atoms with Gasteiger partial charge in [0.2, 0.25) is 0 Å². The normalized spacial score (nSPS) is 21.6. The van der Waals surface area contributed by atoms with Gasteiger partial charge in [-0.2, -0.15) is 0 Å². The van der Waals surface area contributed by atoms with Crippen LogP contribution in [0.25, 0.3) is 0 Å². The molecular weight excluding hydrogens is 478 g/mol. The number of aliphatic hydroxyl groups excluding tert-OH is 1. The zero-order valence-electron chi connectivity index (χ0n) is 21.9. The number of amides is 1. The second-order valence-corrected chi connectivity index (χ2v) is 10.5. The summed E-state index contributed by atoms with van der Waals surface area (Å²) in [6.07, 6.45) is 6.01. The van der Waals surface area contributed by atoms with Crippen LogP contribution in [0.15, 0.2) is 29.4 Å². The van der Waals surface area contributed by atoms with Gasteiger partial charge >= 0.3 is 11.9 Å². The molecule has 0 saturated carbocycles. The molecule has 0 spiro atoms. The molecule has 4 N–H and O–H groups in total. The molecule has 2 heterocycles. The molecule has 2 aliphatic rings. The van der Waals surface area contributed by atoms with E-state index in [9.17, 15) is 29.7 Å². The fourth-order valence-corrected chi connectivity index (χ4v) is 4.95. The number of allylic oxidation sites excluding steroid dienone is 4. The number of hydrogen-bond donors (Lipinski definition) is 4. The standard InChI is InChI=1S/C28H37NO8/c1-16(2)7-5-8-17(3)9-6-12-28(4)23(31)14-19-22(30)13-18-20(25(19)37-28)15-29(26(18)34)21(27(35)36)10-11-24(32)33/h7,9,13,21,23,30-31H,5-6,8,10-12,14-15H2,1-4H3,(H,32,33)(H,35,36)/t21-,23+,28-/m0/s1. The Bertz CT molecular complexity index is 1130.